The number of hydrogen-bond donors (Lipinski definition) is 1. The Bertz CT molecular complexity index is 1050. The highest BCUT2D eigenvalue weighted by atomic mass is 16.6. The van der Waals surface area contributed by atoms with Crippen molar-refractivity contribution in [2.45, 2.75) is 0 Å². The molecule has 0 bridgehead atoms. The summed E-state index contributed by atoms with van der Waals surface area (Å²) in [5.74, 6) is 0.909. The van der Waals surface area contributed by atoms with E-state index in [9.17, 15) is 4.79 Å². The van der Waals surface area contributed by atoms with Gasteiger partial charge in [0.1, 0.15) is 5.75 Å². The van der Waals surface area contributed by atoms with Crippen LogP contribution >= 0.6 is 0 Å². The average molecular weight is 362 g/mol. The Morgan fingerprint density at radius 2 is 1.74 bits per heavy atom. The Balaban J connectivity index is 1.54. The van der Waals surface area contributed by atoms with Crippen LogP contribution in [0.3, 0.4) is 0 Å². The number of amides is 1. The van der Waals surface area contributed by atoms with Crippen LogP contribution in [0, 0.1) is 0 Å². The van der Waals surface area contributed by atoms with Crippen LogP contribution < -0.4 is 10.1 Å². The minimum absolute atomic E-state index is 0.123. The number of carbonyl (C=O) groups excluding carboxylic acids is 1. The molecule has 1 N–H and O–H groups in total. The van der Waals surface area contributed by atoms with E-state index in [0.717, 1.165) is 11.1 Å². The van der Waals surface area contributed by atoms with Crippen molar-refractivity contribution in [2.75, 3.05) is 12.4 Å². The topological polar surface area (TPSA) is 103 Å². The van der Waals surface area contributed by atoms with E-state index in [1.54, 1.807) is 37.4 Å². The number of anilines is 1. The molecule has 8 heteroatoms. The van der Waals surface area contributed by atoms with Gasteiger partial charge in [-0.05, 0) is 34.6 Å². The van der Waals surface area contributed by atoms with E-state index in [4.69, 9.17) is 13.9 Å². The fourth-order valence-electron chi connectivity index (χ4n) is 2.50. The van der Waals surface area contributed by atoms with Gasteiger partial charge in [0.25, 0.3) is 5.91 Å². The highest BCUT2D eigenvalue weighted by Crippen LogP contribution is 2.27. The number of hydrogen-bond acceptors (Lipinski definition) is 7. The molecule has 0 unspecified atom stereocenters. The summed E-state index contributed by atoms with van der Waals surface area (Å²) in [6.07, 6.45) is 0. The third kappa shape index (κ3) is 3.40. The molecule has 0 atom stereocenters. The molecule has 0 fully saturated rings. The van der Waals surface area contributed by atoms with Crippen LogP contribution in [0.15, 0.2) is 69.8 Å². The van der Waals surface area contributed by atoms with Crippen LogP contribution in [0.4, 0.5) is 5.82 Å². The van der Waals surface area contributed by atoms with Crippen molar-refractivity contribution >= 4 is 11.7 Å². The Hall–Kier alpha value is -3.94. The molecule has 134 valence electrons. The van der Waals surface area contributed by atoms with Gasteiger partial charge in [-0.1, -0.05) is 35.5 Å². The first-order chi connectivity index (χ1) is 13.2. The molecule has 0 aliphatic rings. The van der Waals surface area contributed by atoms with Crippen molar-refractivity contribution in [3.8, 4) is 28.3 Å². The molecule has 4 rings (SSSR count). The molecule has 0 aliphatic carbocycles. The van der Waals surface area contributed by atoms with Gasteiger partial charge in [0.2, 0.25) is 5.82 Å². The highest BCUT2D eigenvalue weighted by molar-refractivity contribution is 6.04. The maximum atomic E-state index is 12.5. The molecule has 1 amide bonds. The lowest BCUT2D eigenvalue weighted by Gasteiger charge is -2.02. The number of benzene rings is 2. The van der Waals surface area contributed by atoms with E-state index in [1.165, 1.54) is 0 Å². The first kappa shape index (κ1) is 16.5. The molecule has 27 heavy (non-hydrogen) atoms. The Kier molecular flexibility index (Phi) is 4.36. The second-order valence-electron chi connectivity index (χ2n) is 5.59. The van der Waals surface area contributed by atoms with Gasteiger partial charge in [0.05, 0.1) is 7.11 Å². The summed E-state index contributed by atoms with van der Waals surface area (Å²) < 4.78 is 15.2. The lowest BCUT2D eigenvalue weighted by Crippen LogP contribution is -2.13. The fraction of sp³-hybridized carbons (Fsp3) is 0.0526. The van der Waals surface area contributed by atoms with Crippen LogP contribution in [0.25, 0.3) is 22.6 Å². The standard InChI is InChI=1S/C19H14N4O4/c1-25-14-9-7-13(8-10-14)17-18(23-27-22-17)20-19(24)15-11-16(26-21-15)12-5-3-2-4-6-12/h2-11H,1H3,(H,20,23,24). The zero-order chi connectivity index (χ0) is 18.6. The molecule has 2 aromatic carbocycles. The number of ether oxygens (including phenoxy) is 1. The van der Waals surface area contributed by atoms with Gasteiger partial charge in [-0.15, -0.1) is 0 Å². The fourth-order valence-corrected chi connectivity index (χ4v) is 2.50. The van der Waals surface area contributed by atoms with Gasteiger partial charge < -0.3 is 14.6 Å². The molecule has 0 aliphatic heterocycles. The van der Waals surface area contributed by atoms with Crippen molar-refractivity contribution in [3.05, 3.63) is 66.4 Å². The molecule has 2 aromatic heterocycles. The molecule has 4 aromatic rings. The van der Waals surface area contributed by atoms with Gasteiger partial charge in [0, 0.05) is 17.2 Å². The monoisotopic (exact) mass is 362 g/mol. The smallest absolute Gasteiger partial charge is 0.279 e. The molecule has 0 saturated heterocycles. The molecule has 0 radical (unpaired) electrons. The summed E-state index contributed by atoms with van der Waals surface area (Å²) in [6.45, 7) is 0. The molecule has 8 nitrogen and oxygen atoms in total. The quantitative estimate of drug-likeness (QED) is 0.578. The number of nitrogens with one attached hydrogen (secondary N) is 1. The van der Waals surface area contributed by atoms with Crippen molar-refractivity contribution < 1.29 is 18.7 Å². The zero-order valence-corrected chi connectivity index (χ0v) is 14.2. The number of methoxy groups -OCH3 is 1. The Labute approximate surface area is 153 Å². The van der Waals surface area contributed by atoms with Crippen LogP contribution in [0.5, 0.6) is 5.75 Å². The summed E-state index contributed by atoms with van der Waals surface area (Å²) in [7, 11) is 1.58. The van der Waals surface area contributed by atoms with Crippen molar-refractivity contribution in [2.24, 2.45) is 0 Å². The van der Waals surface area contributed by atoms with E-state index in [0.29, 0.717) is 17.2 Å². The lowest BCUT2D eigenvalue weighted by molar-refractivity contribution is 0.101. The SMILES string of the molecule is COc1ccc(-c2nonc2NC(=O)c2cc(-c3ccccc3)on2)cc1. The number of aromatic nitrogens is 3. The van der Waals surface area contributed by atoms with Crippen molar-refractivity contribution in [3.63, 3.8) is 0 Å². The molecular formula is C19H14N4O4. The summed E-state index contributed by atoms with van der Waals surface area (Å²) in [5.41, 5.74) is 2.07. The first-order valence-corrected chi connectivity index (χ1v) is 8.05. The summed E-state index contributed by atoms with van der Waals surface area (Å²) in [6, 6.07) is 18.1. The van der Waals surface area contributed by atoms with Crippen LogP contribution in [0.1, 0.15) is 10.5 Å². The van der Waals surface area contributed by atoms with Crippen LogP contribution in [0.2, 0.25) is 0 Å². The Morgan fingerprint density at radius 1 is 0.963 bits per heavy atom. The van der Waals surface area contributed by atoms with Gasteiger partial charge >= 0.3 is 0 Å². The number of rotatable bonds is 5. The van der Waals surface area contributed by atoms with E-state index in [1.807, 2.05) is 30.3 Å². The summed E-state index contributed by atoms with van der Waals surface area (Å²) >= 11 is 0. The zero-order valence-electron chi connectivity index (χ0n) is 14.2. The predicted octanol–water partition coefficient (Wildman–Crippen LogP) is 3.65. The first-order valence-electron chi connectivity index (χ1n) is 8.05. The molecule has 2 heterocycles. The summed E-state index contributed by atoms with van der Waals surface area (Å²) in [4.78, 5) is 12.5. The van der Waals surface area contributed by atoms with E-state index in [-0.39, 0.29) is 11.5 Å². The van der Waals surface area contributed by atoms with Crippen molar-refractivity contribution in [1.29, 1.82) is 0 Å². The third-order valence-corrected chi connectivity index (χ3v) is 3.89. The minimum Gasteiger partial charge on any atom is -0.497 e. The Morgan fingerprint density at radius 3 is 2.48 bits per heavy atom. The lowest BCUT2D eigenvalue weighted by atomic mass is 10.1. The predicted molar refractivity (Wildman–Crippen MR) is 96.2 cm³/mol. The molecule has 0 saturated carbocycles. The highest BCUT2D eigenvalue weighted by Gasteiger charge is 2.19. The second-order valence-corrected chi connectivity index (χ2v) is 5.59. The normalized spacial score (nSPS) is 10.6. The van der Waals surface area contributed by atoms with Gasteiger partial charge in [-0.25, -0.2) is 4.63 Å². The van der Waals surface area contributed by atoms with Gasteiger partial charge in [0.15, 0.2) is 17.1 Å². The van der Waals surface area contributed by atoms with E-state index < -0.39 is 5.91 Å². The van der Waals surface area contributed by atoms with Crippen LogP contribution in [-0.2, 0) is 0 Å². The minimum atomic E-state index is -0.480. The summed E-state index contributed by atoms with van der Waals surface area (Å²) in [5, 5.41) is 14.1. The third-order valence-electron chi connectivity index (χ3n) is 3.89. The average Bonchev–Trinajstić information content (AvgIpc) is 3.38. The van der Waals surface area contributed by atoms with Crippen molar-refractivity contribution in [1.82, 2.24) is 15.5 Å². The van der Waals surface area contributed by atoms with E-state index >= 15 is 0 Å². The maximum Gasteiger partial charge on any atom is 0.279 e. The largest absolute Gasteiger partial charge is 0.497 e. The second kappa shape index (κ2) is 7.12. The number of nitrogens with zero attached hydrogens (tertiary/aromatic N) is 3. The van der Waals surface area contributed by atoms with E-state index in [2.05, 4.69) is 20.8 Å². The number of carbonyl (C=O) groups is 1. The van der Waals surface area contributed by atoms with Crippen LogP contribution in [-0.4, -0.2) is 28.5 Å². The van der Waals surface area contributed by atoms with Gasteiger partial charge in [-0.3, -0.25) is 4.79 Å². The molecular weight excluding hydrogens is 348 g/mol. The van der Waals surface area contributed by atoms with Gasteiger partial charge in [-0.2, -0.15) is 0 Å². The molecule has 0 spiro atoms. The maximum absolute atomic E-state index is 12.5.